The molecule has 24 heavy (non-hydrogen) atoms. The van der Waals surface area contributed by atoms with Gasteiger partial charge in [0.1, 0.15) is 11.5 Å². The van der Waals surface area contributed by atoms with E-state index in [4.69, 9.17) is 4.42 Å². The molecule has 0 bridgehead atoms. The Bertz CT molecular complexity index is 742. The zero-order valence-corrected chi connectivity index (χ0v) is 14.0. The quantitative estimate of drug-likeness (QED) is 0.728. The Labute approximate surface area is 143 Å². The van der Waals surface area contributed by atoms with E-state index in [-0.39, 0.29) is 5.91 Å². The van der Waals surface area contributed by atoms with Gasteiger partial charge in [0.2, 0.25) is 5.91 Å². The molecule has 0 radical (unpaired) electrons. The van der Waals surface area contributed by atoms with Crippen molar-refractivity contribution in [3.8, 4) is 0 Å². The summed E-state index contributed by atoms with van der Waals surface area (Å²) in [6.45, 7) is 2.92. The molecular weight excluding hydrogens is 298 g/mol. The van der Waals surface area contributed by atoms with E-state index in [1.54, 1.807) is 12.2 Å². The van der Waals surface area contributed by atoms with Crippen LogP contribution in [-0.4, -0.2) is 16.8 Å². The Morgan fingerprint density at radius 3 is 2.62 bits per heavy atom. The van der Waals surface area contributed by atoms with Crippen LogP contribution in [0.2, 0.25) is 0 Å². The number of carbonyl (C=O) groups is 1. The van der Waals surface area contributed by atoms with Gasteiger partial charge in [0.05, 0.1) is 0 Å². The number of carbonyl (C=O) groups excluding carboxylic acids is 1. The molecule has 1 amide bonds. The number of hydrogen-bond donors (Lipinski definition) is 0. The fraction of sp³-hybridized carbons (Fsp3) is 0.381. The van der Waals surface area contributed by atoms with Crippen molar-refractivity contribution in [1.29, 1.82) is 0 Å². The maximum atomic E-state index is 12.6. The third kappa shape index (κ3) is 3.45. The Morgan fingerprint density at radius 2 is 1.96 bits per heavy atom. The van der Waals surface area contributed by atoms with Gasteiger partial charge in [0.25, 0.3) is 0 Å². The van der Waals surface area contributed by atoms with Crippen molar-refractivity contribution in [3.63, 3.8) is 0 Å². The predicted octanol–water partition coefficient (Wildman–Crippen LogP) is 4.61. The molecule has 1 aromatic carbocycles. The minimum atomic E-state index is 0.0686. The first kappa shape index (κ1) is 15.3. The molecule has 2 aromatic rings. The molecule has 2 aliphatic carbocycles. The van der Waals surface area contributed by atoms with Crippen LogP contribution >= 0.6 is 0 Å². The summed E-state index contributed by atoms with van der Waals surface area (Å²) < 4.78 is 5.84. The smallest absolute Gasteiger partial charge is 0.247 e. The topological polar surface area (TPSA) is 33.5 Å². The minimum Gasteiger partial charge on any atom is -0.461 e. The maximum Gasteiger partial charge on any atom is 0.247 e. The molecule has 0 unspecified atom stereocenters. The second kappa shape index (κ2) is 6.31. The first-order chi connectivity index (χ1) is 11.7. The molecule has 1 heterocycles. The maximum absolute atomic E-state index is 12.6. The van der Waals surface area contributed by atoms with Crippen molar-refractivity contribution in [2.75, 3.05) is 0 Å². The number of furan rings is 1. The molecule has 0 saturated heterocycles. The van der Waals surface area contributed by atoms with Gasteiger partial charge in [-0.25, -0.2) is 0 Å². The summed E-state index contributed by atoms with van der Waals surface area (Å²) in [4.78, 5) is 14.6. The van der Waals surface area contributed by atoms with Crippen molar-refractivity contribution in [2.24, 2.45) is 5.92 Å². The van der Waals surface area contributed by atoms with Crippen molar-refractivity contribution in [2.45, 2.75) is 44.7 Å². The number of hydrogen-bond acceptors (Lipinski definition) is 2. The molecular formula is C21H23NO2. The van der Waals surface area contributed by atoms with E-state index in [1.165, 1.54) is 12.0 Å². The lowest BCUT2D eigenvalue weighted by Crippen LogP contribution is -2.31. The van der Waals surface area contributed by atoms with Crippen LogP contribution < -0.4 is 0 Å². The van der Waals surface area contributed by atoms with Crippen molar-refractivity contribution >= 4 is 12.0 Å². The monoisotopic (exact) mass is 321 g/mol. The van der Waals surface area contributed by atoms with Gasteiger partial charge in [0, 0.05) is 24.6 Å². The van der Waals surface area contributed by atoms with E-state index in [2.05, 4.69) is 19.1 Å². The van der Waals surface area contributed by atoms with Crippen LogP contribution in [0.1, 0.15) is 49.2 Å². The summed E-state index contributed by atoms with van der Waals surface area (Å²) in [6.07, 6.45) is 6.88. The Kier molecular flexibility index (Phi) is 4.01. The van der Waals surface area contributed by atoms with Crippen LogP contribution in [0.3, 0.4) is 0 Å². The summed E-state index contributed by atoms with van der Waals surface area (Å²) in [5.41, 5.74) is 1.18. The zero-order chi connectivity index (χ0) is 16.5. The van der Waals surface area contributed by atoms with Crippen LogP contribution in [0.4, 0.5) is 0 Å². The third-order valence-electron chi connectivity index (χ3n) is 4.98. The highest BCUT2D eigenvalue weighted by molar-refractivity contribution is 5.91. The van der Waals surface area contributed by atoms with Crippen molar-refractivity contribution in [1.82, 2.24) is 4.90 Å². The van der Waals surface area contributed by atoms with Gasteiger partial charge in [0.15, 0.2) is 0 Å². The van der Waals surface area contributed by atoms with Crippen LogP contribution in [0, 0.1) is 5.92 Å². The molecule has 1 aromatic heterocycles. The first-order valence-electron chi connectivity index (χ1n) is 8.83. The largest absolute Gasteiger partial charge is 0.461 e. The summed E-state index contributed by atoms with van der Waals surface area (Å²) in [7, 11) is 0. The van der Waals surface area contributed by atoms with E-state index in [1.807, 2.05) is 35.2 Å². The van der Waals surface area contributed by atoms with Gasteiger partial charge in [-0.2, -0.15) is 0 Å². The van der Waals surface area contributed by atoms with E-state index < -0.39 is 0 Å². The minimum absolute atomic E-state index is 0.0686. The lowest BCUT2D eigenvalue weighted by Gasteiger charge is -2.20. The number of benzene rings is 1. The SMILES string of the molecule is C[C@@H]1C[C@H]1c1ccc(/C=C/C(=O)N(Cc2ccccc2)C2CC2)o1. The van der Waals surface area contributed by atoms with E-state index in [0.29, 0.717) is 18.5 Å². The van der Waals surface area contributed by atoms with Crippen molar-refractivity contribution in [3.05, 3.63) is 65.6 Å². The molecule has 3 nitrogen and oxygen atoms in total. The predicted molar refractivity (Wildman–Crippen MR) is 94.3 cm³/mol. The van der Waals surface area contributed by atoms with Gasteiger partial charge in [-0.3, -0.25) is 4.79 Å². The standard InChI is InChI=1S/C21H23NO2/c1-15-13-19(15)20-11-9-18(24-20)10-12-21(23)22(17-7-8-17)14-16-5-3-2-4-6-16/h2-6,9-12,15,17,19H,7-8,13-14H2,1H3/b12-10+/t15-,19-/m1/s1. The van der Waals surface area contributed by atoms with Gasteiger partial charge in [-0.1, -0.05) is 37.3 Å². The number of rotatable bonds is 6. The highest BCUT2D eigenvalue weighted by Gasteiger charge is 2.36. The molecule has 2 fully saturated rings. The lowest BCUT2D eigenvalue weighted by molar-refractivity contribution is -0.127. The van der Waals surface area contributed by atoms with Crippen LogP contribution in [-0.2, 0) is 11.3 Å². The third-order valence-corrected chi connectivity index (χ3v) is 4.98. The average Bonchev–Trinajstić information content (AvgIpc) is 3.51. The normalized spacial score (nSPS) is 22.7. The van der Waals surface area contributed by atoms with E-state index >= 15 is 0 Å². The van der Waals surface area contributed by atoms with Crippen LogP contribution in [0.25, 0.3) is 6.08 Å². The van der Waals surface area contributed by atoms with Gasteiger partial charge in [-0.15, -0.1) is 0 Å². The van der Waals surface area contributed by atoms with Crippen molar-refractivity contribution < 1.29 is 9.21 Å². The molecule has 0 spiro atoms. The Hall–Kier alpha value is -2.29. The molecule has 2 saturated carbocycles. The second-order valence-electron chi connectivity index (χ2n) is 7.08. The second-order valence-corrected chi connectivity index (χ2v) is 7.08. The Morgan fingerprint density at radius 1 is 1.21 bits per heavy atom. The van der Waals surface area contributed by atoms with E-state index in [9.17, 15) is 4.79 Å². The highest BCUT2D eigenvalue weighted by atomic mass is 16.3. The van der Waals surface area contributed by atoms with Crippen LogP contribution in [0.5, 0.6) is 0 Å². The summed E-state index contributed by atoms with van der Waals surface area (Å²) >= 11 is 0. The van der Waals surface area contributed by atoms with Crippen LogP contribution in [0.15, 0.2) is 53.0 Å². The fourth-order valence-electron chi connectivity index (χ4n) is 3.18. The molecule has 4 rings (SSSR count). The van der Waals surface area contributed by atoms with Gasteiger partial charge < -0.3 is 9.32 Å². The van der Waals surface area contributed by atoms with Gasteiger partial charge in [-0.05, 0) is 49.0 Å². The molecule has 2 aliphatic rings. The average molecular weight is 321 g/mol. The molecule has 124 valence electrons. The molecule has 0 aliphatic heterocycles. The lowest BCUT2D eigenvalue weighted by atomic mass is 10.2. The highest BCUT2D eigenvalue weighted by Crippen LogP contribution is 2.47. The first-order valence-corrected chi connectivity index (χ1v) is 8.83. The molecule has 0 N–H and O–H groups in total. The number of amides is 1. The number of nitrogens with zero attached hydrogens (tertiary/aromatic N) is 1. The Balaban J connectivity index is 1.42. The fourth-order valence-corrected chi connectivity index (χ4v) is 3.18. The summed E-state index contributed by atoms with van der Waals surface area (Å²) in [5.74, 6) is 3.19. The zero-order valence-electron chi connectivity index (χ0n) is 14.0. The molecule has 2 atom stereocenters. The summed E-state index contributed by atoms with van der Waals surface area (Å²) in [5, 5.41) is 0. The van der Waals surface area contributed by atoms with Gasteiger partial charge >= 0.3 is 0 Å². The molecule has 3 heteroatoms. The van der Waals surface area contributed by atoms with E-state index in [0.717, 1.165) is 30.3 Å². The summed E-state index contributed by atoms with van der Waals surface area (Å²) in [6, 6.07) is 14.6.